The molecule has 0 fully saturated rings. The molecule has 1 atom stereocenters. The van der Waals surface area contributed by atoms with E-state index in [1.807, 2.05) is 13.8 Å². The van der Waals surface area contributed by atoms with Crippen LogP contribution in [0.3, 0.4) is 0 Å². The molecule has 1 unspecified atom stereocenters. The minimum atomic E-state index is -0.825. The Labute approximate surface area is 108 Å². The third kappa shape index (κ3) is 7.24. The van der Waals surface area contributed by atoms with Crippen LogP contribution in [0.4, 0.5) is 0 Å². The van der Waals surface area contributed by atoms with E-state index in [-0.39, 0.29) is 25.4 Å². The molecule has 0 aliphatic heterocycles. The van der Waals surface area contributed by atoms with Crippen LogP contribution in [0.2, 0.25) is 0 Å². The zero-order valence-corrected chi connectivity index (χ0v) is 11.4. The van der Waals surface area contributed by atoms with E-state index in [2.05, 4.69) is 5.32 Å². The molecular weight excluding hydrogens is 236 g/mol. The van der Waals surface area contributed by atoms with Crippen molar-refractivity contribution in [3.05, 3.63) is 0 Å². The van der Waals surface area contributed by atoms with Gasteiger partial charge in [-0.1, -0.05) is 0 Å². The van der Waals surface area contributed by atoms with Gasteiger partial charge in [0, 0.05) is 19.6 Å². The standard InChI is InChI=1S/C12H24N2O4/c1-4-14(5-2)11(16)9-13-8-10(15)7-12(17)18-6-3/h10,13,15H,4-9H2,1-3H3. The first kappa shape index (κ1) is 16.9. The van der Waals surface area contributed by atoms with E-state index in [1.54, 1.807) is 11.8 Å². The van der Waals surface area contributed by atoms with Crippen LogP contribution in [0.1, 0.15) is 27.2 Å². The van der Waals surface area contributed by atoms with E-state index in [0.29, 0.717) is 19.7 Å². The number of carbonyl (C=O) groups excluding carboxylic acids is 2. The van der Waals surface area contributed by atoms with Gasteiger partial charge in [-0.3, -0.25) is 9.59 Å². The zero-order chi connectivity index (χ0) is 14.0. The Balaban J connectivity index is 3.76. The molecule has 0 rings (SSSR count). The van der Waals surface area contributed by atoms with Gasteiger partial charge in [-0.25, -0.2) is 0 Å². The Kier molecular flexibility index (Phi) is 9.22. The summed E-state index contributed by atoms with van der Waals surface area (Å²) in [5.41, 5.74) is 0. The fraction of sp³-hybridized carbons (Fsp3) is 0.833. The summed E-state index contributed by atoms with van der Waals surface area (Å²) in [5, 5.41) is 12.4. The van der Waals surface area contributed by atoms with Gasteiger partial charge in [0.25, 0.3) is 0 Å². The van der Waals surface area contributed by atoms with E-state index in [0.717, 1.165) is 0 Å². The van der Waals surface area contributed by atoms with Crippen molar-refractivity contribution in [3.63, 3.8) is 0 Å². The highest BCUT2D eigenvalue weighted by molar-refractivity contribution is 5.78. The monoisotopic (exact) mass is 260 g/mol. The van der Waals surface area contributed by atoms with Crippen LogP contribution in [-0.2, 0) is 14.3 Å². The predicted octanol–water partition coefficient (Wildman–Crippen LogP) is -0.241. The van der Waals surface area contributed by atoms with E-state index >= 15 is 0 Å². The van der Waals surface area contributed by atoms with Gasteiger partial charge >= 0.3 is 5.97 Å². The van der Waals surface area contributed by atoms with Crippen molar-refractivity contribution in [3.8, 4) is 0 Å². The highest BCUT2D eigenvalue weighted by Gasteiger charge is 2.13. The molecule has 0 heterocycles. The maximum Gasteiger partial charge on any atom is 0.308 e. The molecule has 0 aliphatic carbocycles. The molecule has 1 amide bonds. The molecule has 0 aromatic carbocycles. The van der Waals surface area contributed by atoms with Gasteiger partial charge < -0.3 is 20.1 Å². The Morgan fingerprint density at radius 3 is 2.39 bits per heavy atom. The molecule has 0 radical (unpaired) electrons. The van der Waals surface area contributed by atoms with Gasteiger partial charge in [0.1, 0.15) is 0 Å². The van der Waals surface area contributed by atoms with Crippen LogP contribution < -0.4 is 5.32 Å². The molecule has 0 saturated carbocycles. The minimum absolute atomic E-state index is 0.0108. The van der Waals surface area contributed by atoms with E-state index in [1.165, 1.54) is 0 Å². The lowest BCUT2D eigenvalue weighted by Crippen LogP contribution is -2.40. The molecule has 106 valence electrons. The SMILES string of the molecule is CCOC(=O)CC(O)CNCC(=O)N(CC)CC. The smallest absolute Gasteiger partial charge is 0.308 e. The number of hydrogen-bond donors (Lipinski definition) is 2. The second-order valence-corrected chi connectivity index (χ2v) is 3.86. The fourth-order valence-corrected chi connectivity index (χ4v) is 1.52. The molecule has 2 N–H and O–H groups in total. The van der Waals surface area contributed by atoms with Crippen LogP contribution in [0.25, 0.3) is 0 Å². The Morgan fingerprint density at radius 1 is 1.28 bits per heavy atom. The quantitative estimate of drug-likeness (QED) is 0.559. The first-order chi connectivity index (χ1) is 8.54. The van der Waals surface area contributed by atoms with Gasteiger partial charge in [0.2, 0.25) is 5.91 Å². The minimum Gasteiger partial charge on any atom is -0.466 e. The number of likely N-dealkylation sites (N-methyl/N-ethyl adjacent to an activating group) is 1. The zero-order valence-electron chi connectivity index (χ0n) is 11.4. The summed E-state index contributed by atoms with van der Waals surface area (Å²) < 4.78 is 4.71. The highest BCUT2D eigenvalue weighted by atomic mass is 16.5. The average Bonchev–Trinajstić information content (AvgIpc) is 2.30. The van der Waals surface area contributed by atoms with Gasteiger partial charge in [-0.15, -0.1) is 0 Å². The third-order valence-electron chi connectivity index (χ3n) is 2.48. The van der Waals surface area contributed by atoms with Crippen molar-refractivity contribution in [1.82, 2.24) is 10.2 Å². The molecule has 6 heteroatoms. The van der Waals surface area contributed by atoms with Crippen molar-refractivity contribution >= 4 is 11.9 Å². The molecule has 0 aliphatic rings. The van der Waals surface area contributed by atoms with Crippen LogP contribution in [-0.4, -0.2) is 60.8 Å². The number of ether oxygens (including phenoxy) is 1. The number of esters is 1. The maximum absolute atomic E-state index is 11.6. The average molecular weight is 260 g/mol. The molecule has 0 aromatic heterocycles. The number of amides is 1. The summed E-state index contributed by atoms with van der Waals surface area (Å²) in [4.78, 5) is 24.4. The first-order valence-electron chi connectivity index (χ1n) is 6.37. The van der Waals surface area contributed by atoms with Crippen molar-refractivity contribution in [2.75, 3.05) is 32.8 Å². The summed E-state index contributed by atoms with van der Waals surface area (Å²) in [6, 6.07) is 0. The summed E-state index contributed by atoms with van der Waals surface area (Å²) in [6.07, 6.45) is -0.881. The van der Waals surface area contributed by atoms with Crippen molar-refractivity contribution in [2.24, 2.45) is 0 Å². The topological polar surface area (TPSA) is 78.9 Å². The summed E-state index contributed by atoms with van der Waals surface area (Å²) in [5.74, 6) is -0.440. The molecule has 0 saturated heterocycles. The lowest BCUT2D eigenvalue weighted by Gasteiger charge is -2.19. The highest BCUT2D eigenvalue weighted by Crippen LogP contribution is 1.94. The lowest BCUT2D eigenvalue weighted by atomic mass is 10.2. The van der Waals surface area contributed by atoms with Gasteiger partial charge in [0.05, 0.1) is 25.7 Å². The first-order valence-corrected chi connectivity index (χ1v) is 6.37. The number of nitrogens with zero attached hydrogens (tertiary/aromatic N) is 1. The van der Waals surface area contributed by atoms with Crippen molar-refractivity contribution in [1.29, 1.82) is 0 Å². The van der Waals surface area contributed by atoms with Crippen molar-refractivity contribution in [2.45, 2.75) is 33.3 Å². The Bertz CT molecular complexity index is 254. The van der Waals surface area contributed by atoms with Gasteiger partial charge in [-0.2, -0.15) is 0 Å². The lowest BCUT2D eigenvalue weighted by molar-refractivity contribution is -0.145. The summed E-state index contributed by atoms with van der Waals surface area (Å²) >= 11 is 0. The van der Waals surface area contributed by atoms with E-state index in [9.17, 15) is 14.7 Å². The number of carbonyl (C=O) groups is 2. The van der Waals surface area contributed by atoms with E-state index in [4.69, 9.17) is 4.74 Å². The van der Waals surface area contributed by atoms with Crippen LogP contribution in [0.5, 0.6) is 0 Å². The fourth-order valence-electron chi connectivity index (χ4n) is 1.52. The third-order valence-corrected chi connectivity index (χ3v) is 2.48. The Morgan fingerprint density at radius 2 is 1.89 bits per heavy atom. The second kappa shape index (κ2) is 9.85. The van der Waals surface area contributed by atoms with Crippen LogP contribution >= 0.6 is 0 Å². The second-order valence-electron chi connectivity index (χ2n) is 3.86. The van der Waals surface area contributed by atoms with Gasteiger partial charge in [-0.05, 0) is 20.8 Å². The normalized spacial score (nSPS) is 12.0. The molecular formula is C12H24N2O4. The predicted molar refractivity (Wildman–Crippen MR) is 68.1 cm³/mol. The van der Waals surface area contributed by atoms with Gasteiger partial charge in [0.15, 0.2) is 0 Å². The summed E-state index contributed by atoms with van der Waals surface area (Å²) in [7, 11) is 0. The van der Waals surface area contributed by atoms with Crippen molar-refractivity contribution < 1.29 is 19.4 Å². The van der Waals surface area contributed by atoms with Crippen LogP contribution in [0.15, 0.2) is 0 Å². The number of nitrogens with one attached hydrogen (secondary N) is 1. The molecule has 6 nitrogen and oxygen atoms in total. The number of aliphatic hydroxyl groups is 1. The van der Waals surface area contributed by atoms with Crippen LogP contribution in [0, 0.1) is 0 Å². The molecule has 0 spiro atoms. The number of aliphatic hydroxyl groups excluding tert-OH is 1. The molecule has 18 heavy (non-hydrogen) atoms. The summed E-state index contributed by atoms with van der Waals surface area (Å²) in [6.45, 7) is 7.55. The number of rotatable bonds is 9. The largest absolute Gasteiger partial charge is 0.466 e. The number of hydrogen-bond acceptors (Lipinski definition) is 5. The Hall–Kier alpha value is -1.14. The maximum atomic E-state index is 11.6. The van der Waals surface area contributed by atoms with E-state index < -0.39 is 12.1 Å². The molecule has 0 aromatic rings. The molecule has 0 bridgehead atoms.